The molecule has 1 N–H and O–H groups in total. The number of carbonyl (C=O) groups is 1. The number of nitrogens with one attached hydrogen (secondary N) is 1. The van der Waals surface area contributed by atoms with Crippen LogP contribution in [-0.4, -0.2) is 13.1 Å². The predicted molar refractivity (Wildman–Crippen MR) is 86.6 cm³/mol. The van der Waals surface area contributed by atoms with Crippen LogP contribution in [-0.2, 0) is 9.53 Å². The second-order valence-electron chi connectivity index (χ2n) is 4.25. The van der Waals surface area contributed by atoms with Gasteiger partial charge in [-0.25, -0.2) is 9.18 Å². The van der Waals surface area contributed by atoms with Gasteiger partial charge in [-0.05, 0) is 61.7 Å². The van der Waals surface area contributed by atoms with E-state index in [2.05, 4.69) is 37.2 Å². The number of rotatable bonds is 4. The lowest BCUT2D eigenvalue weighted by Gasteiger charge is -2.19. The quantitative estimate of drug-likeness (QED) is 0.735. The first kappa shape index (κ1) is 16.0. The fourth-order valence-corrected chi connectivity index (χ4v) is 2.47. The number of ether oxygens (including phenoxy) is 1. The minimum Gasteiger partial charge on any atom is -0.467 e. The lowest BCUT2D eigenvalue weighted by Crippen LogP contribution is -2.22. The van der Waals surface area contributed by atoms with E-state index in [-0.39, 0.29) is 5.69 Å². The molecule has 0 saturated heterocycles. The van der Waals surface area contributed by atoms with Crippen molar-refractivity contribution in [2.75, 3.05) is 12.4 Å². The SMILES string of the molecule is COC(=O)C(Nc1ccccc1F)c1ccc(Br)c(Br)c1. The Balaban J connectivity index is 2.37. The number of benzene rings is 2. The van der Waals surface area contributed by atoms with Crippen molar-refractivity contribution in [3.63, 3.8) is 0 Å². The van der Waals surface area contributed by atoms with E-state index in [0.717, 1.165) is 8.95 Å². The zero-order chi connectivity index (χ0) is 15.4. The van der Waals surface area contributed by atoms with Crippen LogP contribution in [0, 0.1) is 5.82 Å². The normalized spacial score (nSPS) is 11.8. The van der Waals surface area contributed by atoms with Gasteiger partial charge in [-0.15, -0.1) is 0 Å². The third-order valence-corrected chi connectivity index (χ3v) is 4.77. The summed E-state index contributed by atoms with van der Waals surface area (Å²) in [4.78, 5) is 12.0. The molecule has 0 saturated carbocycles. The minimum atomic E-state index is -0.795. The van der Waals surface area contributed by atoms with Gasteiger partial charge in [0.2, 0.25) is 0 Å². The van der Waals surface area contributed by atoms with Crippen LogP contribution in [0.25, 0.3) is 0 Å². The number of para-hydroxylation sites is 1. The van der Waals surface area contributed by atoms with Gasteiger partial charge in [0.05, 0.1) is 12.8 Å². The summed E-state index contributed by atoms with van der Waals surface area (Å²) in [6, 6.07) is 10.7. The number of carbonyl (C=O) groups excluding carboxylic acids is 1. The summed E-state index contributed by atoms with van der Waals surface area (Å²) >= 11 is 6.75. The fourth-order valence-electron chi connectivity index (χ4n) is 1.82. The molecular weight excluding hydrogens is 405 g/mol. The summed E-state index contributed by atoms with van der Waals surface area (Å²) in [7, 11) is 1.30. The topological polar surface area (TPSA) is 38.3 Å². The average molecular weight is 417 g/mol. The van der Waals surface area contributed by atoms with Crippen LogP contribution in [0.3, 0.4) is 0 Å². The van der Waals surface area contributed by atoms with Crippen LogP contribution < -0.4 is 5.32 Å². The molecule has 0 heterocycles. The van der Waals surface area contributed by atoms with Crippen molar-refractivity contribution < 1.29 is 13.9 Å². The molecule has 6 heteroatoms. The van der Waals surface area contributed by atoms with Crippen LogP contribution in [0.5, 0.6) is 0 Å². The second-order valence-corrected chi connectivity index (χ2v) is 5.96. The van der Waals surface area contributed by atoms with Gasteiger partial charge >= 0.3 is 5.97 Å². The third-order valence-electron chi connectivity index (χ3n) is 2.89. The molecule has 0 bridgehead atoms. The lowest BCUT2D eigenvalue weighted by molar-refractivity contribution is -0.141. The average Bonchev–Trinajstić information content (AvgIpc) is 2.48. The van der Waals surface area contributed by atoms with Gasteiger partial charge in [-0.3, -0.25) is 0 Å². The molecule has 1 atom stereocenters. The highest BCUT2D eigenvalue weighted by molar-refractivity contribution is 9.13. The van der Waals surface area contributed by atoms with Crippen LogP contribution in [0.2, 0.25) is 0 Å². The number of hydrogen-bond acceptors (Lipinski definition) is 3. The smallest absolute Gasteiger partial charge is 0.332 e. The highest BCUT2D eigenvalue weighted by Gasteiger charge is 2.23. The van der Waals surface area contributed by atoms with Crippen molar-refractivity contribution in [2.45, 2.75) is 6.04 Å². The number of anilines is 1. The van der Waals surface area contributed by atoms with Gasteiger partial charge < -0.3 is 10.1 Å². The Labute approximate surface area is 138 Å². The third kappa shape index (κ3) is 3.83. The van der Waals surface area contributed by atoms with Crippen LogP contribution >= 0.6 is 31.9 Å². The van der Waals surface area contributed by atoms with Crippen LogP contribution in [0.1, 0.15) is 11.6 Å². The van der Waals surface area contributed by atoms with Gasteiger partial charge in [0, 0.05) is 8.95 Å². The van der Waals surface area contributed by atoms with Gasteiger partial charge in [-0.1, -0.05) is 18.2 Å². The summed E-state index contributed by atoms with van der Waals surface area (Å²) in [5.74, 6) is -0.921. The van der Waals surface area contributed by atoms with Crippen molar-refractivity contribution >= 4 is 43.5 Å². The van der Waals surface area contributed by atoms with Gasteiger partial charge in [0.15, 0.2) is 6.04 Å². The molecule has 110 valence electrons. The monoisotopic (exact) mass is 415 g/mol. The molecule has 0 aliphatic rings. The van der Waals surface area contributed by atoms with Crippen LogP contribution in [0.15, 0.2) is 51.4 Å². The molecule has 0 radical (unpaired) electrons. The maximum absolute atomic E-state index is 13.7. The van der Waals surface area contributed by atoms with Crippen molar-refractivity contribution in [1.82, 2.24) is 0 Å². The summed E-state index contributed by atoms with van der Waals surface area (Å²) in [6.45, 7) is 0. The maximum atomic E-state index is 13.7. The summed E-state index contributed by atoms with van der Waals surface area (Å²) < 4.78 is 20.2. The maximum Gasteiger partial charge on any atom is 0.332 e. The van der Waals surface area contributed by atoms with Crippen LogP contribution in [0.4, 0.5) is 10.1 Å². The summed E-state index contributed by atoms with van der Waals surface area (Å²) in [5.41, 5.74) is 0.909. The van der Waals surface area contributed by atoms with Gasteiger partial charge in [-0.2, -0.15) is 0 Å². The molecule has 0 aliphatic heterocycles. The van der Waals surface area contributed by atoms with E-state index in [4.69, 9.17) is 4.74 Å². The Morgan fingerprint density at radius 3 is 2.52 bits per heavy atom. The summed E-state index contributed by atoms with van der Waals surface area (Å²) in [5, 5.41) is 2.88. The van der Waals surface area contributed by atoms with E-state index in [0.29, 0.717) is 5.56 Å². The van der Waals surface area contributed by atoms with E-state index < -0.39 is 17.8 Å². The molecule has 0 amide bonds. The Bertz CT molecular complexity index is 664. The second kappa shape index (κ2) is 7.04. The largest absolute Gasteiger partial charge is 0.467 e. The predicted octanol–water partition coefficient (Wildman–Crippen LogP) is 4.68. The molecule has 21 heavy (non-hydrogen) atoms. The van der Waals surface area contributed by atoms with E-state index >= 15 is 0 Å². The standard InChI is InChI=1S/C15H12Br2FNO2/c1-21-15(20)14(9-6-7-10(16)11(17)8-9)19-13-5-3-2-4-12(13)18/h2-8,14,19H,1H3. The minimum absolute atomic E-state index is 0.243. The van der Waals surface area contributed by atoms with E-state index in [1.54, 1.807) is 36.4 Å². The molecule has 3 nitrogen and oxygen atoms in total. The molecular formula is C15H12Br2FNO2. The number of methoxy groups -OCH3 is 1. The van der Waals surface area contributed by atoms with E-state index in [1.807, 2.05) is 0 Å². The van der Waals surface area contributed by atoms with Crippen molar-refractivity contribution in [3.8, 4) is 0 Å². The summed E-state index contributed by atoms with van der Waals surface area (Å²) in [6.07, 6.45) is 0. The first-order chi connectivity index (χ1) is 10.0. The van der Waals surface area contributed by atoms with Gasteiger partial charge in [0.25, 0.3) is 0 Å². The number of halogens is 3. The molecule has 2 rings (SSSR count). The van der Waals surface area contributed by atoms with E-state index in [1.165, 1.54) is 13.2 Å². The molecule has 1 unspecified atom stereocenters. The molecule has 0 aliphatic carbocycles. The van der Waals surface area contributed by atoms with Gasteiger partial charge in [0.1, 0.15) is 5.82 Å². The first-order valence-electron chi connectivity index (χ1n) is 6.06. The molecule has 0 aromatic heterocycles. The molecule has 2 aromatic rings. The highest BCUT2D eigenvalue weighted by Crippen LogP contribution is 2.29. The fraction of sp³-hybridized carbons (Fsp3) is 0.133. The Hall–Kier alpha value is -1.40. The highest BCUT2D eigenvalue weighted by atomic mass is 79.9. The lowest BCUT2D eigenvalue weighted by atomic mass is 10.1. The first-order valence-corrected chi connectivity index (χ1v) is 7.65. The number of hydrogen-bond donors (Lipinski definition) is 1. The van der Waals surface area contributed by atoms with Crippen molar-refractivity contribution in [2.24, 2.45) is 0 Å². The molecule has 2 aromatic carbocycles. The van der Waals surface area contributed by atoms with Crippen molar-refractivity contribution in [3.05, 3.63) is 62.8 Å². The Morgan fingerprint density at radius 1 is 1.19 bits per heavy atom. The zero-order valence-corrected chi connectivity index (χ0v) is 14.2. The molecule has 0 fully saturated rings. The number of esters is 1. The Morgan fingerprint density at radius 2 is 1.90 bits per heavy atom. The van der Waals surface area contributed by atoms with Crippen molar-refractivity contribution in [1.29, 1.82) is 0 Å². The molecule has 0 spiro atoms. The Kier molecular flexibility index (Phi) is 5.36. The van der Waals surface area contributed by atoms with E-state index in [9.17, 15) is 9.18 Å². The zero-order valence-electron chi connectivity index (χ0n) is 11.1.